The van der Waals surface area contributed by atoms with Gasteiger partial charge >= 0.3 is 0 Å². The molecule has 2 aromatic heterocycles. The number of para-hydroxylation sites is 1. The van der Waals surface area contributed by atoms with Gasteiger partial charge in [0.1, 0.15) is 5.01 Å². The fourth-order valence-electron chi connectivity index (χ4n) is 3.00. The average Bonchev–Trinajstić information content (AvgIpc) is 3.27. The lowest BCUT2D eigenvalue weighted by Gasteiger charge is -2.27. The SMILES string of the molecule is Cc1nnc(NC(=O)C(C)(Cc2nc3ccccc3s2)c2ccccc2)s1. The predicted octanol–water partition coefficient (Wildman–Crippen LogP) is 4.60. The molecule has 0 spiro atoms. The van der Waals surface area contributed by atoms with Gasteiger partial charge in [0, 0.05) is 6.42 Å². The average molecular weight is 395 g/mol. The summed E-state index contributed by atoms with van der Waals surface area (Å²) < 4.78 is 1.13. The number of aromatic nitrogens is 3. The number of carbonyl (C=O) groups excluding carboxylic acids is 1. The van der Waals surface area contributed by atoms with E-state index in [4.69, 9.17) is 4.98 Å². The van der Waals surface area contributed by atoms with Gasteiger partial charge in [0.25, 0.3) is 0 Å². The summed E-state index contributed by atoms with van der Waals surface area (Å²) in [5.74, 6) is -0.107. The molecule has 2 heterocycles. The molecule has 0 fully saturated rings. The number of thiazole rings is 1. The van der Waals surface area contributed by atoms with E-state index in [9.17, 15) is 4.79 Å². The summed E-state index contributed by atoms with van der Waals surface area (Å²) in [5, 5.41) is 13.2. The maximum Gasteiger partial charge on any atom is 0.237 e. The Labute approximate surface area is 165 Å². The van der Waals surface area contributed by atoms with Crippen LogP contribution < -0.4 is 5.32 Å². The Morgan fingerprint density at radius 1 is 1.04 bits per heavy atom. The van der Waals surface area contributed by atoms with E-state index >= 15 is 0 Å². The molecule has 0 saturated carbocycles. The van der Waals surface area contributed by atoms with Crippen LogP contribution in [0.2, 0.25) is 0 Å². The molecule has 1 amide bonds. The molecule has 0 bridgehead atoms. The van der Waals surface area contributed by atoms with Gasteiger partial charge in [-0.15, -0.1) is 21.5 Å². The monoisotopic (exact) mass is 394 g/mol. The second-order valence-corrected chi connectivity index (χ2v) is 8.83. The molecule has 4 rings (SSSR count). The van der Waals surface area contributed by atoms with Crippen molar-refractivity contribution in [2.24, 2.45) is 0 Å². The molecular formula is C20H18N4OS2. The topological polar surface area (TPSA) is 67.8 Å². The van der Waals surface area contributed by atoms with Crippen LogP contribution in [-0.2, 0) is 16.6 Å². The molecule has 27 heavy (non-hydrogen) atoms. The van der Waals surface area contributed by atoms with Crippen LogP contribution in [0, 0.1) is 6.92 Å². The molecule has 1 unspecified atom stereocenters. The summed E-state index contributed by atoms with van der Waals surface area (Å²) in [4.78, 5) is 18.0. The maximum absolute atomic E-state index is 13.3. The fraction of sp³-hybridized carbons (Fsp3) is 0.200. The zero-order valence-corrected chi connectivity index (χ0v) is 16.6. The lowest BCUT2D eigenvalue weighted by molar-refractivity contribution is -0.121. The van der Waals surface area contributed by atoms with Gasteiger partial charge in [-0.05, 0) is 31.5 Å². The molecule has 7 heteroatoms. The first-order valence-corrected chi connectivity index (χ1v) is 10.2. The number of amides is 1. The summed E-state index contributed by atoms with van der Waals surface area (Å²) in [5.41, 5.74) is 1.14. The molecule has 0 saturated heterocycles. The van der Waals surface area contributed by atoms with Crippen LogP contribution in [0.5, 0.6) is 0 Å². The van der Waals surface area contributed by atoms with E-state index in [1.54, 1.807) is 11.3 Å². The molecule has 1 N–H and O–H groups in total. The van der Waals surface area contributed by atoms with Gasteiger partial charge in [-0.2, -0.15) is 0 Å². The quantitative estimate of drug-likeness (QED) is 0.537. The van der Waals surface area contributed by atoms with Crippen LogP contribution in [0.4, 0.5) is 5.13 Å². The third kappa shape index (κ3) is 3.61. The molecule has 2 aromatic carbocycles. The summed E-state index contributed by atoms with van der Waals surface area (Å²) in [6.07, 6.45) is 0.514. The highest BCUT2D eigenvalue weighted by Crippen LogP contribution is 2.33. The van der Waals surface area contributed by atoms with E-state index in [1.165, 1.54) is 11.3 Å². The van der Waals surface area contributed by atoms with Crippen molar-refractivity contribution in [1.82, 2.24) is 15.2 Å². The summed E-state index contributed by atoms with van der Waals surface area (Å²) in [7, 11) is 0. The second-order valence-electron chi connectivity index (χ2n) is 6.53. The van der Waals surface area contributed by atoms with Gasteiger partial charge in [0.2, 0.25) is 11.0 Å². The number of aryl methyl sites for hydroxylation is 1. The number of carbonyl (C=O) groups is 1. The number of hydrogen-bond donors (Lipinski definition) is 1. The highest BCUT2D eigenvalue weighted by atomic mass is 32.1. The van der Waals surface area contributed by atoms with E-state index in [-0.39, 0.29) is 5.91 Å². The molecular weight excluding hydrogens is 376 g/mol. The van der Waals surface area contributed by atoms with Crippen molar-refractivity contribution in [3.05, 3.63) is 70.2 Å². The van der Waals surface area contributed by atoms with Gasteiger partial charge in [0.05, 0.1) is 20.6 Å². The Morgan fingerprint density at radius 2 is 1.78 bits per heavy atom. The van der Waals surface area contributed by atoms with Crippen molar-refractivity contribution >= 4 is 43.9 Å². The second kappa shape index (κ2) is 7.17. The van der Waals surface area contributed by atoms with Crippen LogP contribution >= 0.6 is 22.7 Å². The molecule has 1 atom stereocenters. The van der Waals surface area contributed by atoms with Gasteiger partial charge in [-0.3, -0.25) is 10.1 Å². The first-order valence-electron chi connectivity index (χ1n) is 8.56. The largest absolute Gasteiger partial charge is 0.300 e. The Kier molecular flexibility index (Phi) is 4.72. The van der Waals surface area contributed by atoms with Gasteiger partial charge in [0.15, 0.2) is 0 Å². The predicted molar refractivity (Wildman–Crippen MR) is 110 cm³/mol. The van der Waals surface area contributed by atoms with Crippen molar-refractivity contribution in [2.75, 3.05) is 5.32 Å². The van der Waals surface area contributed by atoms with Crippen LogP contribution in [0.1, 0.15) is 22.5 Å². The number of hydrogen-bond acceptors (Lipinski definition) is 6. The lowest BCUT2D eigenvalue weighted by Crippen LogP contribution is -2.39. The van der Waals surface area contributed by atoms with Crippen molar-refractivity contribution in [2.45, 2.75) is 25.7 Å². The molecule has 5 nitrogen and oxygen atoms in total. The Bertz CT molecular complexity index is 1060. The summed E-state index contributed by atoms with van der Waals surface area (Å²) in [6.45, 7) is 3.82. The lowest BCUT2D eigenvalue weighted by atomic mass is 9.78. The van der Waals surface area contributed by atoms with Crippen molar-refractivity contribution < 1.29 is 4.79 Å². The van der Waals surface area contributed by atoms with Gasteiger partial charge in [-0.25, -0.2) is 4.98 Å². The minimum atomic E-state index is -0.769. The number of anilines is 1. The maximum atomic E-state index is 13.3. The van der Waals surface area contributed by atoms with E-state index < -0.39 is 5.41 Å². The molecule has 0 aliphatic rings. The normalized spacial score (nSPS) is 13.4. The highest BCUT2D eigenvalue weighted by molar-refractivity contribution is 7.18. The molecule has 0 aliphatic carbocycles. The summed E-state index contributed by atoms with van der Waals surface area (Å²) >= 11 is 3.00. The first kappa shape index (κ1) is 17.8. The molecule has 4 aromatic rings. The third-order valence-corrected chi connectivity index (χ3v) is 6.29. The summed E-state index contributed by atoms with van der Waals surface area (Å²) in [6, 6.07) is 17.9. The first-order chi connectivity index (χ1) is 13.0. The van der Waals surface area contributed by atoms with Crippen LogP contribution in [0.15, 0.2) is 54.6 Å². The van der Waals surface area contributed by atoms with Crippen molar-refractivity contribution in [3.8, 4) is 0 Å². The molecule has 0 aliphatic heterocycles. The number of fused-ring (bicyclic) bond motifs is 1. The van der Waals surface area contributed by atoms with Crippen molar-refractivity contribution in [3.63, 3.8) is 0 Å². The fourth-order valence-corrected chi connectivity index (χ4v) is 4.71. The third-order valence-electron chi connectivity index (χ3n) is 4.50. The number of nitrogens with zero attached hydrogens (tertiary/aromatic N) is 3. The Morgan fingerprint density at radius 3 is 2.48 bits per heavy atom. The highest BCUT2D eigenvalue weighted by Gasteiger charge is 2.37. The minimum Gasteiger partial charge on any atom is -0.300 e. The minimum absolute atomic E-state index is 0.107. The van der Waals surface area contributed by atoms with E-state index in [2.05, 4.69) is 21.6 Å². The van der Waals surface area contributed by atoms with Crippen LogP contribution in [0.25, 0.3) is 10.2 Å². The Balaban J connectivity index is 1.70. The number of benzene rings is 2. The van der Waals surface area contributed by atoms with Crippen LogP contribution in [-0.4, -0.2) is 21.1 Å². The van der Waals surface area contributed by atoms with Crippen molar-refractivity contribution in [1.29, 1.82) is 0 Å². The zero-order valence-electron chi connectivity index (χ0n) is 15.0. The smallest absolute Gasteiger partial charge is 0.237 e. The van der Waals surface area contributed by atoms with E-state index in [0.717, 1.165) is 25.8 Å². The van der Waals surface area contributed by atoms with Gasteiger partial charge in [-0.1, -0.05) is 53.8 Å². The number of rotatable bonds is 5. The molecule has 136 valence electrons. The standard InChI is InChI=1S/C20H18N4OS2/c1-13-23-24-19(26-13)22-18(25)20(2,14-8-4-3-5-9-14)12-17-21-15-10-6-7-11-16(15)27-17/h3-11H,12H2,1-2H3,(H,22,24,25). The van der Waals surface area contributed by atoms with E-state index in [0.29, 0.717) is 11.6 Å². The zero-order chi connectivity index (χ0) is 18.9. The Hall–Kier alpha value is -2.64. The van der Waals surface area contributed by atoms with Gasteiger partial charge < -0.3 is 0 Å². The number of nitrogens with one attached hydrogen (secondary N) is 1. The van der Waals surface area contributed by atoms with Crippen LogP contribution in [0.3, 0.4) is 0 Å². The molecule has 0 radical (unpaired) electrons. The van der Waals surface area contributed by atoms with E-state index in [1.807, 2.05) is 62.4 Å².